The summed E-state index contributed by atoms with van der Waals surface area (Å²) >= 11 is 0. The SMILES string of the molecule is Cc1ccc2c(c1C)N(CCN1CCC(O)(c3ccccc3)CC1)c1ccccc1S2(=O)=O. The van der Waals surface area contributed by atoms with Gasteiger partial charge in [-0.05, 0) is 61.6 Å². The van der Waals surface area contributed by atoms with Gasteiger partial charge in [0.1, 0.15) is 0 Å². The van der Waals surface area contributed by atoms with E-state index in [0.29, 0.717) is 29.2 Å². The molecule has 3 aromatic rings. The number of rotatable bonds is 4. The van der Waals surface area contributed by atoms with E-state index in [-0.39, 0.29) is 0 Å². The molecule has 0 radical (unpaired) electrons. The van der Waals surface area contributed by atoms with Crippen LogP contribution in [0.1, 0.15) is 29.5 Å². The van der Waals surface area contributed by atoms with Crippen molar-refractivity contribution >= 4 is 21.2 Å². The van der Waals surface area contributed by atoms with Gasteiger partial charge in [-0.2, -0.15) is 0 Å². The Morgan fingerprint density at radius 3 is 2.24 bits per heavy atom. The Bertz CT molecular complexity index is 1280. The highest BCUT2D eigenvalue weighted by molar-refractivity contribution is 7.92. The Morgan fingerprint density at radius 2 is 1.52 bits per heavy atom. The average molecular weight is 463 g/mol. The van der Waals surface area contributed by atoms with Gasteiger partial charge < -0.3 is 14.9 Å². The van der Waals surface area contributed by atoms with Crippen molar-refractivity contribution < 1.29 is 13.5 Å². The minimum Gasteiger partial charge on any atom is -0.385 e. The smallest absolute Gasteiger partial charge is 0.210 e. The zero-order valence-corrected chi connectivity index (χ0v) is 20.0. The molecule has 2 heterocycles. The monoisotopic (exact) mass is 462 g/mol. The van der Waals surface area contributed by atoms with E-state index >= 15 is 0 Å². The second kappa shape index (κ2) is 8.28. The van der Waals surface area contributed by atoms with Gasteiger partial charge in [-0.15, -0.1) is 0 Å². The van der Waals surface area contributed by atoms with E-state index < -0.39 is 15.4 Å². The summed E-state index contributed by atoms with van der Waals surface area (Å²) in [4.78, 5) is 5.30. The molecular weight excluding hydrogens is 432 g/mol. The Morgan fingerprint density at radius 1 is 0.848 bits per heavy atom. The summed E-state index contributed by atoms with van der Waals surface area (Å²) in [5.74, 6) is 0. The Balaban J connectivity index is 1.40. The van der Waals surface area contributed by atoms with E-state index in [1.807, 2.05) is 62.4 Å². The average Bonchev–Trinajstić information content (AvgIpc) is 2.83. The minimum atomic E-state index is -3.55. The van der Waals surface area contributed by atoms with Gasteiger partial charge in [0.15, 0.2) is 0 Å². The molecule has 0 unspecified atom stereocenters. The van der Waals surface area contributed by atoms with Crippen molar-refractivity contribution in [2.24, 2.45) is 0 Å². The first-order chi connectivity index (χ1) is 15.8. The van der Waals surface area contributed by atoms with Crippen LogP contribution in [-0.4, -0.2) is 44.6 Å². The Kier molecular flexibility index (Phi) is 5.55. The van der Waals surface area contributed by atoms with Crippen LogP contribution in [0.4, 0.5) is 11.4 Å². The first-order valence-corrected chi connectivity index (χ1v) is 13.0. The fraction of sp³-hybridized carbons (Fsp3) is 0.333. The molecule has 5 rings (SSSR count). The van der Waals surface area contributed by atoms with Crippen molar-refractivity contribution in [3.05, 3.63) is 83.4 Å². The molecule has 6 heteroatoms. The maximum atomic E-state index is 13.4. The van der Waals surface area contributed by atoms with Crippen LogP contribution in [0.15, 0.2) is 76.5 Å². The van der Waals surface area contributed by atoms with Gasteiger partial charge in [0.05, 0.1) is 26.8 Å². The number of hydrogen-bond donors (Lipinski definition) is 1. The van der Waals surface area contributed by atoms with Gasteiger partial charge >= 0.3 is 0 Å². The van der Waals surface area contributed by atoms with Crippen LogP contribution in [0.3, 0.4) is 0 Å². The first-order valence-electron chi connectivity index (χ1n) is 11.5. The van der Waals surface area contributed by atoms with Crippen molar-refractivity contribution in [1.29, 1.82) is 0 Å². The van der Waals surface area contributed by atoms with E-state index in [2.05, 4.69) is 9.80 Å². The third-order valence-corrected chi connectivity index (χ3v) is 9.14. The largest absolute Gasteiger partial charge is 0.385 e. The predicted octanol–water partition coefficient (Wildman–Crippen LogP) is 4.57. The highest BCUT2D eigenvalue weighted by atomic mass is 32.2. The number of fused-ring (bicyclic) bond motifs is 2. The molecule has 0 saturated carbocycles. The number of piperidine rings is 1. The van der Waals surface area contributed by atoms with E-state index in [4.69, 9.17) is 0 Å². The minimum absolute atomic E-state index is 0.373. The lowest BCUT2D eigenvalue weighted by atomic mass is 9.84. The third-order valence-electron chi connectivity index (χ3n) is 7.30. The third kappa shape index (κ3) is 3.76. The first kappa shape index (κ1) is 22.1. The van der Waals surface area contributed by atoms with Gasteiger partial charge in [-0.3, -0.25) is 0 Å². The number of likely N-dealkylation sites (tertiary alicyclic amines) is 1. The normalized spacial score (nSPS) is 19.1. The highest BCUT2D eigenvalue weighted by Crippen LogP contribution is 2.46. The lowest BCUT2D eigenvalue weighted by Crippen LogP contribution is -2.45. The van der Waals surface area contributed by atoms with Crippen LogP contribution in [-0.2, 0) is 15.4 Å². The number of aryl methyl sites for hydroxylation is 1. The summed E-state index contributed by atoms with van der Waals surface area (Å²) < 4.78 is 26.7. The summed E-state index contributed by atoms with van der Waals surface area (Å²) in [5, 5.41) is 11.2. The molecule has 1 N–H and O–H groups in total. The van der Waals surface area contributed by atoms with Crippen LogP contribution >= 0.6 is 0 Å². The van der Waals surface area contributed by atoms with Gasteiger partial charge in [-0.25, -0.2) is 8.42 Å². The van der Waals surface area contributed by atoms with Crippen molar-refractivity contribution in [2.75, 3.05) is 31.1 Å². The molecule has 5 nitrogen and oxygen atoms in total. The van der Waals surface area contributed by atoms with Crippen LogP contribution < -0.4 is 4.90 Å². The number of benzene rings is 3. The fourth-order valence-electron chi connectivity index (χ4n) is 5.13. The van der Waals surface area contributed by atoms with Crippen LogP contribution in [0, 0.1) is 13.8 Å². The van der Waals surface area contributed by atoms with Crippen molar-refractivity contribution in [3.63, 3.8) is 0 Å². The van der Waals surface area contributed by atoms with Gasteiger partial charge in [0.2, 0.25) is 9.84 Å². The molecule has 172 valence electrons. The molecule has 1 saturated heterocycles. The van der Waals surface area contributed by atoms with Crippen molar-refractivity contribution in [2.45, 2.75) is 42.1 Å². The second-order valence-corrected chi connectivity index (χ2v) is 11.1. The summed E-state index contributed by atoms with van der Waals surface area (Å²) in [6.45, 7) is 7.12. The quantitative estimate of drug-likeness (QED) is 0.615. The predicted molar refractivity (Wildman–Crippen MR) is 131 cm³/mol. The van der Waals surface area contributed by atoms with Crippen LogP contribution in [0.25, 0.3) is 0 Å². The van der Waals surface area contributed by atoms with Crippen molar-refractivity contribution in [3.8, 4) is 0 Å². The lowest BCUT2D eigenvalue weighted by molar-refractivity contribution is -0.0251. The number of aliphatic hydroxyl groups is 1. The zero-order valence-electron chi connectivity index (χ0n) is 19.2. The number of nitrogens with zero attached hydrogens (tertiary/aromatic N) is 2. The molecule has 0 spiro atoms. The second-order valence-electron chi connectivity index (χ2n) is 9.22. The number of hydrogen-bond acceptors (Lipinski definition) is 5. The van der Waals surface area contributed by atoms with E-state index in [9.17, 15) is 13.5 Å². The summed E-state index contributed by atoms with van der Waals surface area (Å²) in [7, 11) is -3.55. The summed E-state index contributed by atoms with van der Waals surface area (Å²) in [6.07, 6.45) is 1.38. The van der Waals surface area contributed by atoms with E-state index in [1.165, 1.54) is 0 Å². The van der Waals surface area contributed by atoms with Crippen LogP contribution in [0.2, 0.25) is 0 Å². The van der Waals surface area contributed by atoms with E-state index in [0.717, 1.165) is 47.7 Å². The highest BCUT2D eigenvalue weighted by Gasteiger charge is 2.37. The summed E-state index contributed by atoms with van der Waals surface area (Å²) in [5.41, 5.74) is 3.84. The lowest BCUT2D eigenvalue weighted by Gasteiger charge is -2.40. The molecule has 3 aromatic carbocycles. The zero-order chi connectivity index (χ0) is 23.2. The fourth-order valence-corrected chi connectivity index (χ4v) is 6.85. The Hall–Kier alpha value is -2.67. The van der Waals surface area contributed by atoms with Gasteiger partial charge in [-0.1, -0.05) is 48.5 Å². The molecule has 0 aromatic heterocycles. The Labute approximate surface area is 196 Å². The molecule has 33 heavy (non-hydrogen) atoms. The molecule has 0 bridgehead atoms. The van der Waals surface area contributed by atoms with Gasteiger partial charge in [0.25, 0.3) is 0 Å². The van der Waals surface area contributed by atoms with Crippen molar-refractivity contribution in [1.82, 2.24) is 4.90 Å². The van der Waals surface area contributed by atoms with E-state index in [1.54, 1.807) is 18.2 Å². The standard InChI is InChI=1S/C27H30N2O3S/c1-20-12-13-25-26(21(20)2)29(23-10-6-7-11-24(23)33(25,31)32)19-18-28-16-14-27(30,15-17-28)22-8-4-3-5-9-22/h3-13,30H,14-19H2,1-2H3. The maximum absolute atomic E-state index is 13.4. The maximum Gasteiger partial charge on any atom is 0.210 e. The molecule has 0 amide bonds. The number of para-hydroxylation sites is 1. The molecule has 2 aliphatic heterocycles. The molecule has 0 atom stereocenters. The molecule has 1 fully saturated rings. The summed E-state index contributed by atoms with van der Waals surface area (Å²) in [6, 6.07) is 20.9. The molecular formula is C27H30N2O3S. The topological polar surface area (TPSA) is 60.9 Å². The van der Waals surface area contributed by atoms with Gasteiger partial charge in [0, 0.05) is 26.2 Å². The number of anilines is 2. The molecule has 0 aliphatic carbocycles. The van der Waals surface area contributed by atoms with Crippen LogP contribution in [0.5, 0.6) is 0 Å². The molecule has 2 aliphatic rings. The number of sulfone groups is 1.